The molecule has 1 aliphatic rings. The third-order valence-corrected chi connectivity index (χ3v) is 5.57. The van der Waals surface area contributed by atoms with E-state index < -0.39 is 0 Å². The summed E-state index contributed by atoms with van der Waals surface area (Å²) in [4.78, 5) is 7.26. The van der Waals surface area contributed by atoms with Crippen LogP contribution in [0.15, 0.2) is 61.2 Å². The molecule has 0 N–H and O–H groups in total. The van der Waals surface area contributed by atoms with Crippen LogP contribution in [0.5, 0.6) is 0 Å². The van der Waals surface area contributed by atoms with Crippen molar-refractivity contribution in [3.05, 3.63) is 72.4 Å². The Hall–Kier alpha value is -2.99. The van der Waals surface area contributed by atoms with E-state index in [1.807, 2.05) is 53.0 Å². The lowest BCUT2D eigenvalue weighted by molar-refractivity contribution is 0.136. The first-order valence-electron chi connectivity index (χ1n) is 9.89. The summed E-state index contributed by atoms with van der Waals surface area (Å²) < 4.78 is 3.79. The van der Waals surface area contributed by atoms with Gasteiger partial charge in [0.25, 0.3) is 0 Å². The van der Waals surface area contributed by atoms with Gasteiger partial charge in [-0.15, -0.1) is 0 Å². The molecule has 6 nitrogen and oxygen atoms in total. The second kappa shape index (κ2) is 7.20. The molecule has 3 aromatic heterocycles. The van der Waals surface area contributed by atoms with Crippen molar-refractivity contribution in [2.75, 3.05) is 6.54 Å². The lowest BCUT2D eigenvalue weighted by Gasteiger charge is -2.34. The molecular formula is C22H24N6. The van der Waals surface area contributed by atoms with Gasteiger partial charge in [0.1, 0.15) is 0 Å². The number of aromatic nitrogens is 5. The van der Waals surface area contributed by atoms with E-state index in [4.69, 9.17) is 4.98 Å². The summed E-state index contributed by atoms with van der Waals surface area (Å²) in [6, 6.07) is 12.8. The fourth-order valence-corrected chi connectivity index (χ4v) is 4.18. The van der Waals surface area contributed by atoms with E-state index in [9.17, 15) is 0 Å². The Morgan fingerprint density at radius 2 is 1.96 bits per heavy atom. The van der Waals surface area contributed by atoms with Crippen LogP contribution >= 0.6 is 0 Å². The zero-order valence-electron chi connectivity index (χ0n) is 16.1. The van der Waals surface area contributed by atoms with E-state index in [1.165, 1.54) is 24.1 Å². The number of nitrogens with zero attached hydrogens (tertiary/aromatic N) is 6. The molecule has 4 heterocycles. The molecule has 1 fully saturated rings. The van der Waals surface area contributed by atoms with Crippen LogP contribution in [-0.2, 0) is 13.6 Å². The zero-order valence-corrected chi connectivity index (χ0v) is 16.1. The zero-order chi connectivity index (χ0) is 18.9. The average molecular weight is 372 g/mol. The van der Waals surface area contributed by atoms with Crippen LogP contribution in [-0.4, -0.2) is 35.8 Å². The maximum absolute atomic E-state index is 4.74. The van der Waals surface area contributed by atoms with E-state index in [0.717, 1.165) is 36.3 Å². The van der Waals surface area contributed by atoms with Gasteiger partial charge in [0.05, 0.1) is 17.9 Å². The van der Waals surface area contributed by atoms with Crippen LogP contribution in [0.1, 0.15) is 36.6 Å². The molecule has 4 aromatic rings. The van der Waals surface area contributed by atoms with E-state index >= 15 is 0 Å². The van der Waals surface area contributed by atoms with Crippen molar-refractivity contribution in [1.82, 2.24) is 29.3 Å². The van der Waals surface area contributed by atoms with Gasteiger partial charge in [-0.25, -0.2) is 9.50 Å². The van der Waals surface area contributed by atoms with Gasteiger partial charge in [0, 0.05) is 43.3 Å². The van der Waals surface area contributed by atoms with Gasteiger partial charge in [-0.1, -0.05) is 36.8 Å². The summed E-state index contributed by atoms with van der Waals surface area (Å²) in [6.45, 7) is 1.96. The van der Waals surface area contributed by atoms with Gasteiger partial charge < -0.3 is 0 Å². The van der Waals surface area contributed by atoms with E-state index in [-0.39, 0.29) is 0 Å². The Bertz CT molecular complexity index is 1080. The fourth-order valence-electron chi connectivity index (χ4n) is 4.18. The van der Waals surface area contributed by atoms with Crippen LogP contribution in [0.2, 0.25) is 0 Å². The van der Waals surface area contributed by atoms with Crippen molar-refractivity contribution in [2.24, 2.45) is 7.05 Å². The Morgan fingerprint density at radius 3 is 2.79 bits per heavy atom. The van der Waals surface area contributed by atoms with Gasteiger partial charge >= 0.3 is 0 Å². The fraction of sp³-hybridized carbons (Fsp3) is 0.318. The molecule has 0 saturated carbocycles. The topological polar surface area (TPSA) is 51.2 Å². The smallest absolute Gasteiger partial charge is 0.162 e. The largest absolute Gasteiger partial charge is 0.290 e. The number of fused-ring (bicyclic) bond motifs is 1. The number of piperidine rings is 1. The number of hydrogen-bond acceptors (Lipinski definition) is 4. The molecule has 0 bridgehead atoms. The van der Waals surface area contributed by atoms with Gasteiger partial charge in [-0.05, 0) is 31.0 Å². The third-order valence-electron chi connectivity index (χ3n) is 5.57. The van der Waals surface area contributed by atoms with Gasteiger partial charge in [0.15, 0.2) is 5.65 Å². The molecule has 0 spiro atoms. The highest BCUT2D eigenvalue weighted by molar-refractivity contribution is 5.76. The van der Waals surface area contributed by atoms with Crippen molar-refractivity contribution in [1.29, 1.82) is 0 Å². The molecular weight excluding hydrogens is 348 g/mol. The third kappa shape index (κ3) is 3.20. The first-order valence-corrected chi connectivity index (χ1v) is 9.89. The Morgan fingerprint density at radius 1 is 1.07 bits per heavy atom. The standard InChI is InChI=1S/C22H24N6/c1-26-12-10-20(25-26)21-9-5-6-11-27(21)15-17-13-23-22-19(14-24-28(22)16-17)18-7-3-2-4-8-18/h2-4,7-8,10,12-14,16,21H,5-6,9,11,15H2,1H3/t21-/m0/s1. The molecule has 6 heteroatoms. The van der Waals surface area contributed by atoms with Crippen molar-refractivity contribution in [2.45, 2.75) is 31.8 Å². The van der Waals surface area contributed by atoms with Gasteiger partial charge in [-0.2, -0.15) is 10.2 Å². The predicted molar refractivity (Wildman–Crippen MR) is 109 cm³/mol. The van der Waals surface area contributed by atoms with Crippen molar-refractivity contribution >= 4 is 5.65 Å². The number of rotatable bonds is 4. The summed E-state index contributed by atoms with van der Waals surface area (Å²) >= 11 is 0. The SMILES string of the molecule is Cn1ccc([C@@H]2CCCCN2Cc2cnc3c(-c4ccccc4)cnn3c2)n1. The minimum absolute atomic E-state index is 0.378. The van der Waals surface area contributed by atoms with Crippen LogP contribution in [0.3, 0.4) is 0 Å². The lowest BCUT2D eigenvalue weighted by Crippen LogP contribution is -2.33. The maximum atomic E-state index is 4.74. The number of hydrogen-bond donors (Lipinski definition) is 0. The van der Waals surface area contributed by atoms with Crippen LogP contribution in [0.4, 0.5) is 0 Å². The minimum atomic E-state index is 0.378. The summed E-state index contributed by atoms with van der Waals surface area (Å²) in [5.41, 5.74) is 5.45. The van der Waals surface area contributed by atoms with Crippen molar-refractivity contribution < 1.29 is 0 Å². The molecule has 0 aliphatic carbocycles. The highest BCUT2D eigenvalue weighted by atomic mass is 15.3. The number of likely N-dealkylation sites (tertiary alicyclic amines) is 1. The number of aryl methyl sites for hydroxylation is 1. The second-order valence-electron chi connectivity index (χ2n) is 7.55. The van der Waals surface area contributed by atoms with E-state index in [1.54, 1.807) is 0 Å². The molecule has 1 aliphatic heterocycles. The molecule has 28 heavy (non-hydrogen) atoms. The molecule has 142 valence electrons. The van der Waals surface area contributed by atoms with Crippen LogP contribution < -0.4 is 0 Å². The highest BCUT2D eigenvalue weighted by Gasteiger charge is 2.26. The van der Waals surface area contributed by atoms with Crippen LogP contribution in [0, 0.1) is 0 Å². The summed E-state index contributed by atoms with van der Waals surface area (Å²) in [5, 5.41) is 9.20. The quantitative estimate of drug-likeness (QED) is 0.546. The molecule has 5 rings (SSSR count). The van der Waals surface area contributed by atoms with E-state index in [2.05, 4.69) is 39.5 Å². The number of benzene rings is 1. The summed E-state index contributed by atoms with van der Waals surface area (Å²) in [6.07, 6.45) is 11.7. The highest BCUT2D eigenvalue weighted by Crippen LogP contribution is 2.31. The molecule has 1 atom stereocenters. The predicted octanol–water partition coefficient (Wildman–Crippen LogP) is 3.86. The lowest BCUT2D eigenvalue weighted by atomic mass is 9.99. The van der Waals surface area contributed by atoms with Gasteiger partial charge in [0.2, 0.25) is 0 Å². The first-order chi connectivity index (χ1) is 13.8. The molecule has 1 aromatic carbocycles. The summed E-state index contributed by atoms with van der Waals surface area (Å²) in [5.74, 6) is 0. The Kier molecular flexibility index (Phi) is 4.41. The Balaban J connectivity index is 1.41. The molecule has 0 amide bonds. The molecule has 0 radical (unpaired) electrons. The molecule has 1 saturated heterocycles. The van der Waals surface area contributed by atoms with Crippen molar-refractivity contribution in [3.8, 4) is 11.1 Å². The summed E-state index contributed by atoms with van der Waals surface area (Å²) in [7, 11) is 1.98. The van der Waals surface area contributed by atoms with Gasteiger partial charge in [-0.3, -0.25) is 9.58 Å². The maximum Gasteiger partial charge on any atom is 0.162 e. The normalized spacial score (nSPS) is 18.0. The van der Waals surface area contributed by atoms with E-state index in [0.29, 0.717) is 6.04 Å². The Labute approximate surface area is 164 Å². The van der Waals surface area contributed by atoms with Crippen molar-refractivity contribution in [3.63, 3.8) is 0 Å². The first kappa shape index (κ1) is 17.1. The minimum Gasteiger partial charge on any atom is -0.290 e. The average Bonchev–Trinajstić information content (AvgIpc) is 3.35. The molecule has 0 unspecified atom stereocenters. The monoisotopic (exact) mass is 372 g/mol. The second-order valence-corrected chi connectivity index (χ2v) is 7.55. The van der Waals surface area contributed by atoms with Crippen LogP contribution in [0.25, 0.3) is 16.8 Å².